The van der Waals surface area contributed by atoms with Crippen LogP contribution in [0.25, 0.3) is 0 Å². The van der Waals surface area contributed by atoms with E-state index < -0.39 is 0 Å². The van der Waals surface area contributed by atoms with Gasteiger partial charge in [-0.25, -0.2) is 4.99 Å². The second-order valence-corrected chi connectivity index (χ2v) is 7.04. The normalized spacial score (nSPS) is 10.7. The van der Waals surface area contributed by atoms with Gasteiger partial charge in [0.1, 0.15) is 6.54 Å². The van der Waals surface area contributed by atoms with E-state index in [2.05, 4.69) is 25.9 Å². The van der Waals surface area contributed by atoms with Crippen molar-refractivity contribution in [1.82, 2.24) is 25.8 Å². The molecule has 0 aliphatic heterocycles. The van der Waals surface area contributed by atoms with Crippen molar-refractivity contribution in [3.8, 4) is 0 Å². The highest BCUT2D eigenvalue weighted by atomic mass is 127. The summed E-state index contributed by atoms with van der Waals surface area (Å²) in [6.07, 6.45) is 3.19. The molecule has 0 saturated heterocycles. The van der Waals surface area contributed by atoms with Gasteiger partial charge in [-0.1, -0.05) is 18.2 Å². The third-order valence-corrected chi connectivity index (χ3v) is 4.69. The van der Waals surface area contributed by atoms with Crippen molar-refractivity contribution in [3.63, 3.8) is 0 Å². The predicted octanol–water partition coefficient (Wildman–Crippen LogP) is 1.86. The molecule has 1 aromatic heterocycles. The summed E-state index contributed by atoms with van der Waals surface area (Å²) in [7, 11) is 3.40. The minimum absolute atomic E-state index is 0. The van der Waals surface area contributed by atoms with Gasteiger partial charge in [0.25, 0.3) is 5.91 Å². The van der Waals surface area contributed by atoms with E-state index in [1.165, 1.54) is 0 Å². The topological polar surface area (TPSA) is 98.7 Å². The number of pyridine rings is 1. The van der Waals surface area contributed by atoms with Gasteiger partial charge in [0.05, 0.1) is 0 Å². The Morgan fingerprint density at radius 3 is 2.59 bits per heavy atom. The molecule has 2 aromatic rings. The molecule has 0 aliphatic carbocycles. The summed E-state index contributed by atoms with van der Waals surface area (Å²) >= 11 is 0. The van der Waals surface area contributed by atoms with Gasteiger partial charge in [-0.3, -0.25) is 14.6 Å². The molecule has 1 heterocycles. The second kappa shape index (κ2) is 15.2. The standard InChI is InChI=1S/C23H32N6O2.HI/c1-4-25-23(27-14-11-18-8-7-9-19(16-18)22(31)24-2)28-17-21(30)29(3)15-12-20-10-5-6-13-26-20;/h5-10,13,16H,4,11-12,14-15,17H2,1-3H3,(H,24,31)(H2,25,27,28);1H. The molecule has 3 N–H and O–H groups in total. The highest BCUT2D eigenvalue weighted by molar-refractivity contribution is 14.0. The SMILES string of the molecule is CCNC(=NCC(=O)N(C)CCc1ccccn1)NCCc1cccc(C(=O)NC)c1.I. The Kier molecular flexibility index (Phi) is 13.0. The Balaban J connectivity index is 0.00000512. The average molecular weight is 552 g/mol. The van der Waals surface area contributed by atoms with Gasteiger partial charge in [0.2, 0.25) is 5.91 Å². The molecule has 1 aromatic carbocycles. The van der Waals surface area contributed by atoms with Crippen LogP contribution in [0, 0.1) is 0 Å². The van der Waals surface area contributed by atoms with Gasteiger partial charge in [-0.05, 0) is 43.2 Å². The Bertz CT molecular complexity index is 876. The van der Waals surface area contributed by atoms with Crippen molar-refractivity contribution in [3.05, 3.63) is 65.5 Å². The Labute approximate surface area is 207 Å². The van der Waals surface area contributed by atoms with Gasteiger partial charge in [-0.15, -0.1) is 24.0 Å². The van der Waals surface area contributed by atoms with E-state index in [9.17, 15) is 9.59 Å². The third kappa shape index (κ3) is 9.63. The smallest absolute Gasteiger partial charge is 0.251 e. The van der Waals surface area contributed by atoms with Crippen LogP contribution in [0.3, 0.4) is 0 Å². The molecule has 0 fully saturated rings. The Morgan fingerprint density at radius 2 is 1.91 bits per heavy atom. The summed E-state index contributed by atoms with van der Waals surface area (Å²) in [5.74, 6) is 0.443. The maximum absolute atomic E-state index is 12.4. The molecule has 0 saturated carbocycles. The van der Waals surface area contributed by atoms with Crippen LogP contribution in [0.15, 0.2) is 53.7 Å². The van der Waals surface area contributed by atoms with E-state index in [1.807, 2.05) is 43.3 Å². The van der Waals surface area contributed by atoms with Crippen LogP contribution in [-0.4, -0.2) is 67.9 Å². The zero-order valence-electron chi connectivity index (χ0n) is 18.9. The number of rotatable bonds is 10. The lowest BCUT2D eigenvalue weighted by molar-refractivity contribution is -0.128. The minimum atomic E-state index is -0.101. The molecular weight excluding hydrogens is 519 g/mol. The summed E-state index contributed by atoms with van der Waals surface area (Å²) in [4.78, 5) is 34.5. The molecule has 0 unspecified atom stereocenters. The van der Waals surface area contributed by atoms with Crippen LogP contribution in [0.2, 0.25) is 0 Å². The van der Waals surface area contributed by atoms with E-state index >= 15 is 0 Å². The van der Waals surface area contributed by atoms with Crippen molar-refractivity contribution < 1.29 is 9.59 Å². The summed E-state index contributed by atoms with van der Waals surface area (Å²) < 4.78 is 0. The second-order valence-electron chi connectivity index (χ2n) is 7.04. The van der Waals surface area contributed by atoms with E-state index in [0.717, 1.165) is 17.7 Å². The molecule has 0 spiro atoms. The summed E-state index contributed by atoms with van der Waals surface area (Å²) in [5, 5.41) is 9.03. The van der Waals surface area contributed by atoms with Gasteiger partial charge < -0.3 is 20.9 Å². The number of nitrogens with one attached hydrogen (secondary N) is 3. The van der Waals surface area contributed by atoms with Crippen molar-refractivity contribution in [2.45, 2.75) is 19.8 Å². The summed E-state index contributed by atoms with van der Waals surface area (Å²) in [5.41, 5.74) is 2.65. The van der Waals surface area contributed by atoms with E-state index in [4.69, 9.17) is 0 Å². The fraction of sp³-hybridized carbons (Fsp3) is 0.391. The van der Waals surface area contributed by atoms with Crippen LogP contribution >= 0.6 is 24.0 Å². The first-order valence-electron chi connectivity index (χ1n) is 10.5. The van der Waals surface area contributed by atoms with E-state index in [1.54, 1.807) is 31.3 Å². The van der Waals surface area contributed by atoms with Gasteiger partial charge in [0, 0.05) is 57.6 Å². The number of aromatic nitrogens is 1. The molecule has 8 nitrogen and oxygen atoms in total. The highest BCUT2D eigenvalue weighted by Gasteiger charge is 2.09. The molecular formula is C23H33IN6O2. The molecule has 174 valence electrons. The lowest BCUT2D eigenvalue weighted by Crippen LogP contribution is -2.39. The molecule has 0 atom stereocenters. The first-order chi connectivity index (χ1) is 15.0. The quantitative estimate of drug-likeness (QED) is 0.238. The van der Waals surface area contributed by atoms with Crippen molar-refractivity contribution in [1.29, 1.82) is 0 Å². The first-order valence-corrected chi connectivity index (χ1v) is 10.5. The Hall–Kier alpha value is -2.69. The highest BCUT2D eigenvalue weighted by Crippen LogP contribution is 2.05. The molecule has 2 rings (SSSR count). The van der Waals surface area contributed by atoms with Crippen molar-refractivity contribution in [2.24, 2.45) is 4.99 Å². The van der Waals surface area contributed by atoms with E-state index in [0.29, 0.717) is 37.6 Å². The fourth-order valence-electron chi connectivity index (χ4n) is 2.90. The Morgan fingerprint density at radius 1 is 1.09 bits per heavy atom. The molecule has 0 aliphatic rings. The van der Waals surface area contributed by atoms with Crippen LogP contribution in [0.1, 0.15) is 28.5 Å². The maximum atomic E-state index is 12.4. The lowest BCUT2D eigenvalue weighted by atomic mass is 10.1. The predicted molar refractivity (Wildman–Crippen MR) is 139 cm³/mol. The van der Waals surface area contributed by atoms with E-state index in [-0.39, 0.29) is 42.3 Å². The zero-order chi connectivity index (χ0) is 22.5. The fourth-order valence-corrected chi connectivity index (χ4v) is 2.90. The number of guanidine groups is 1. The number of carbonyl (C=O) groups excluding carboxylic acids is 2. The monoisotopic (exact) mass is 552 g/mol. The number of amides is 2. The average Bonchev–Trinajstić information content (AvgIpc) is 2.81. The number of hydrogen-bond donors (Lipinski definition) is 3. The van der Waals surface area contributed by atoms with Crippen molar-refractivity contribution >= 4 is 41.8 Å². The number of nitrogens with zero attached hydrogens (tertiary/aromatic N) is 3. The third-order valence-electron chi connectivity index (χ3n) is 4.69. The van der Waals surface area contributed by atoms with Crippen LogP contribution in [-0.2, 0) is 17.6 Å². The van der Waals surface area contributed by atoms with Gasteiger partial charge in [0.15, 0.2) is 5.96 Å². The van der Waals surface area contributed by atoms with Crippen molar-refractivity contribution in [2.75, 3.05) is 40.3 Å². The maximum Gasteiger partial charge on any atom is 0.251 e. The zero-order valence-corrected chi connectivity index (χ0v) is 21.3. The molecule has 32 heavy (non-hydrogen) atoms. The molecule has 0 radical (unpaired) electrons. The molecule has 0 bridgehead atoms. The summed E-state index contributed by atoms with van der Waals surface area (Å²) in [6.45, 7) is 3.97. The molecule has 9 heteroatoms. The first kappa shape index (κ1) is 27.3. The van der Waals surface area contributed by atoms with Crippen LogP contribution in [0.5, 0.6) is 0 Å². The molecule has 2 amide bonds. The number of carbonyl (C=O) groups is 2. The number of hydrogen-bond acceptors (Lipinski definition) is 4. The number of benzene rings is 1. The van der Waals surface area contributed by atoms with Crippen LogP contribution in [0.4, 0.5) is 0 Å². The summed E-state index contributed by atoms with van der Waals surface area (Å²) in [6, 6.07) is 13.3. The van der Waals surface area contributed by atoms with Gasteiger partial charge >= 0.3 is 0 Å². The number of halogens is 1. The minimum Gasteiger partial charge on any atom is -0.357 e. The number of likely N-dealkylation sites (N-methyl/N-ethyl adjacent to an activating group) is 1. The van der Waals surface area contributed by atoms with Gasteiger partial charge in [-0.2, -0.15) is 0 Å². The van der Waals surface area contributed by atoms with Crippen LogP contribution < -0.4 is 16.0 Å². The largest absolute Gasteiger partial charge is 0.357 e. The number of aliphatic imine (C=N–C) groups is 1. The lowest BCUT2D eigenvalue weighted by Gasteiger charge is -2.16.